The smallest absolute Gasteiger partial charge is 0.266 e. The SMILES string of the molecule is O=C(Nc1cc(Cl)ccc1NC1CC1)c1c[nH]c(=O)c(Cl)c1. The zero-order chi connectivity index (χ0) is 15.7. The van der Waals surface area contributed by atoms with Crippen LogP contribution in [0.5, 0.6) is 0 Å². The van der Waals surface area contributed by atoms with Crippen LogP contribution < -0.4 is 16.2 Å². The van der Waals surface area contributed by atoms with E-state index in [-0.39, 0.29) is 16.5 Å². The largest absolute Gasteiger partial charge is 0.381 e. The van der Waals surface area contributed by atoms with Gasteiger partial charge in [0.05, 0.1) is 16.9 Å². The summed E-state index contributed by atoms with van der Waals surface area (Å²) >= 11 is 11.7. The van der Waals surface area contributed by atoms with Gasteiger partial charge in [-0.15, -0.1) is 0 Å². The van der Waals surface area contributed by atoms with E-state index in [0.717, 1.165) is 18.5 Å². The Kier molecular flexibility index (Phi) is 4.09. The second-order valence-corrected chi connectivity index (χ2v) is 5.97. The van der Waals surface area contributed by atoms with Gasteiger partial charge < -0.3 is 15.6 Å². The van der Waals surface area contributed by atoms with Gasteiger partial charge in [-0.1, -0.05) is 23.2 Å². The van der Waals surface area contributed by atoms with Crippen LogP contribution in [0, 0.1) is 0 Å². The Hall–Kier alpha value is -1.98. The number of rotatable bonds is 4. The van der Waals surface area contributed by atoms with Crippen molar-refractivity contribution in [2.24, 2.45) is 0 Å². The second kappa shape index (κ2) is 6.02. The van der Waals surface area contributed by atoms with Crippen LogP contribution in [0.3, 0.4) is 0 Å². The van der Waals surface area contributed by atoms with E-state index >= 15 is 0 Å². The second-order valence-electron chi connectivity index (χ2n) is 5.13. The van der Waals surface area contributed by atoms with Gasteiger partial charge in [-0.2, -0.15) is 0 Å². The lowest BCUT2D eigenvalue weighted by Gasteiger charge is -2.13. The van der Waals surface area contributed by atoms with Crippen molar-refractivity contribution in [2.45, 2.75) is 18.9 Å². The van der Waals surface area contributed by atoms with Crippen LogP contribution in [-0.4, -0.2) is 16.9 Å². The average molecular weight is 338 g/mol. The molecular formula is C15H13Cl2N3O2. The van der Waals surface area contributed by atoms with E-state index in [4.69, 9.17) is 23.2 Å². The average Bonchev–Trinajstić information content (AvgIpc) is 3.29. The highest BCUT2D eigenvalue weighted by molar-refractivity contribution is 6.31. The molecule has 1 aliphatic carbocycles. The van der Waals surface area contributed by atoms with Gasteiger partial charge in [-0.25, -0.2) is 0 Å². The number of aromatic nitrogens is 1. The molecule has 1 heterocycles. The van der Waals surface area contributed by atoms with Gasteiger partial charge in [0.2, 0.25) is 0 Å². The molecule has 1 fully saturated rings. The molecule has 3 N–H and O–H groups in total. The van der Waals surface area contributed by atoms with Gasteiger partial charge in [-0.05, 0) is 37.1 Å². The molecule has 114 valence electrons. The molecule has 7 heteroatoms. The van der Waals surface area contributed by atoms with E-state index in [9.17, 15) is 9.59 Å². The monoisotopic (exact) mass is 337 g/mol. The Morgan fingerprint density at radius 3 is 2.64 bits per heavy atom. The molecule has 1 amide bonds. The quantitative estimate of drug-likeness (QED) is 0.799. The standard InChI is InChI=1S/C15H13Cl2N3O2/c16-9-1-4-12(19-10-2-3-10)13(6-9)20-14(21)8-5-11(17)15(22)18-7-8/h1,4-7,10,19H,2-3H2,(H,18,22)(H,20,21). The zero-order valence-electron chi connectivity index (χ0n) is 11.5. The Bertz CT molecular complexity index is 785. The highest BCUT2D eigenvalue weighted by Gasteiger charge is 2.22. The van der Waals surface area contributed by atoms with Crippen molar-refractivity contribution in [3.05, 3.63) is 56.4 Å². The predicted molar refractivity (Wildman–Crippen MR) is 88.1 cm³/mol. The molecule has 5 nitrogen and oxygen atoms in total. The van der Waals surface area contributed by atoms with Crippen molar-refractivity contribution < 1.29 is 4.79 Å². The minimum atomic E-state index is -0.433. The van der Waals surface area contributed by atoms with E-state index in [1.54, 1.807) is 12.1 Å². The van der Waals surface area contributed by atoms with Crippen molar-refractivity contribution in [3.8, 4) is 0 Å². The number of amides is 1. The Balaban J connectivity index is 1.84. The van der Waals surface area contributed by atoms with Gasteiger partial charge in [0.15, 0.2) is 0 Å². The van der Waals surface area contributed by atoms with Crippen LogP contribution in [0.15, 0.2) is 35.3 Å². The molecule has 1 aromatic heterocycles. The number of pyridine rings is 1. The van der Waals surface area contributed by atoms with E-state index in [2.05, 4.69) is 15.6 Å². The summed E-state index contributed by atoms with van der Waals surface area (Å²) in [4.78, 5) is 25.9. The predicted octanol–water partition coefficient (Wildman–Crippen LogP) is 3.51. The van der Waals surface area contributed by atoms with Crippen molar-refractivity contribution in [1.82, 2.24) is 4.98 Å². The lowest BCUT2D eigenvalue weighted by Crippen LogP contribution is -2.16. The fraction of sp³-hybridized carbons (Fsp3) is 0.200. The van der Waals surface area contributed by atoms with E-state index in [0.29, 0.717) is 16.8 Å². The third-order valence-corrected chi connectivity index (χ3v) is 3.80. The summed E-state index contributed by atoms with van der Waals surface area (Å²) in [6.07, 6.45) is 3.55. The van der Waals surface area contributed by atoms with E-state index < -0.39 is 5.56 Å². The van der Waals surface area contributed by atoms with Gasteiger partial charge in [0, 0.05) is 17.3 Å². The maximum atomic E-state index is 12.3. The maximum absolute atomic E-state index is 12.3. The van der Waals surface area contributed by atoms with Crippen molar-refractivity contribution >= 4 is 40.5 Å². The van der Waals surface area contributed by atoms with E-state index in [1.807, 2.05) is 6.07 Å². The summed E-state index contributed by atoms with van der Waals surface area (Å²) < 4.78 is 0. The summed E-state index contributed by atoms with van der Waals surface area (Å²) in [7, 11) is 0. The fourth-order valence-corrected chi connectivity index (χ4v) is 2.32. The van der Waals surface area contributed by atoms with Gasteiger partial charge in [0.25, 0.3) is 11.5 Å². The zero-order valence-corrected chi connectivity index (χ0v) is 13.0. The van der Waals surface area contributed by atoms with Gasteiger partial charge in [0.1, 0.15) is 5.02 Å². The van der Waals surface area contributed by atoms with Crippen LogP contribution in [0.4, 0.5) is 11.4 Å². The van der Waals surface area contributed by atoms with Crippen LogP contribution in [0.2, 0.25) is 10.0 Å². The number of hydrogen-bond acceptors (Lipinski definition) is 3. The molecule has 0 spiro atoms. The van der Waals surface area contributed by atoms with E-state index in [1.165, 1.54) is 12.3 Å². The number of carbonyl (C=O) groups excluding carboxylic acids is 1. The molecule has 0 saturated heterocycles. The first-order valence-electron chi connectivity index (χ1n) is 6.78. The van der Waals surface area contributed by atoms with Gasteiger partial charge in [-0.3, -0.25) is 9.59 Å². The molecule has 0 atom stereocenters. The lowest BCUT2D eigenvalue weighted by molar-refractivity contribution is 0.102. The molecule has 1 saturated carbocycles. The summed E-state index contributed by atoms with van der Waals surface area (Å²) in [6.45, 7) is 0. The maximum Gasteiger partial charge on any atom is 0.266 e. The lowest BCUT2D eigenvalue weighted by atomic mass is 10.2. The molecule has 1 aliphatic rings. The molecule has 0 radical (unpaired) electrons. The molecule has 0 unspecified atom stereocenters. The van der Waals surface area contributed by atoms with Crippen molar-refractivity contribution in [2.75, 3.05) is 10.6 Å². The summed E-state index contributed by atoms with van der Waals surface area (Å²) in [5, 5.41) is 6.60. The Labute approximate surface area is 136 Å². The Morgan fingerprint density at radius 2 is 1.95 bits per heavy atom. The summed E-state index contributed by atoms with van der Waals surface area (Å²) in [5.74, 6) is -0.376. The molecule has 22 heavy (non-hydrogen) atoms. The van der Waals surface area contributed by atoms with Crippen LogP contribution >= 0.6 is 23.2 Å². The molecule has 1 aromatic carbocycles. The van der Waals surface area contributed by atoms with Crippen molar-refractivity contribution in [1.29, 1.82) is 0 Å². The topological polar surface area (TPSA) is 74.0 Å². The number of halogens is 2. The minimum absolute atomic E-state index is 0.0323. The van der Waals surface area contributed by atoms with Gasteiger partial charge >= 0.3 is 0 Å². The summed E-state index contributed by atoms with van der Waals surface area (Å²) in [5.41, 5.74) is 1.24. The third-order valence-electron chi connectivity index (χ3n) is 3.29. The minimum Gasteiger partial charge on any atom is -0.381 e. The number of anilines is 2. The number of H-pyrrole nitrogens is 1. The first kappa shape index (κ1) is 14.9. The molecular weight excluding hydrogens is 325 g/mol. The van der Waals surface area contributed by atoms with Crippen LogP contribution in [0.25, 0.3) is 0 Å². The molecule has 0 bridgehead atoms. The summed E-state index contributed by atoms with van der Waals surface area (Å²) in [6, 6.07) is 7.04. The number of nitrogens with one attached hydrogen (secondary N) is 3. The number of hydrogen-bond donors (Lipinski definition) is 3. The molecule has 0 aliphatic heterocycles. The first-order valence-corrected chi connectivity index (χ1v) is 7.54. The molecule has 2 aromatic rings. The third kappa shape index (κ3) is 3.43. The number of benzene rings is 1. The van der Waals surface area contributed by atoms with Crippen LogP contribution in [-0.2, 0) is 0 Å². The Morgan fingerprint density at radius 1 is 1.18 bits per heavy atom. The fourth-order valence-electron chi connectivity index (χ4n) is 1.97. The van der Waals surface area contributed by atoms with Crippen LogP contribution in [0.1, 0.15) is 23.2 Å². The van der Waals surface area contributed by atoms with Crippen molar-refractivity contribution in [3.63, 3.8) is 0 Å². The normalized spacial score (nSPS) is 13.7. The number of carbonyl (C=O) groups is 1. The molecule has 3 rings (SSSR count). The first-order chi connectivity index (χ1) is 10.5. The number of aromatic amines is 1. The highest BCUT2D eigenvalue weighted by Crippen LogP contribution is 2.31. The highest BCUT2D eigenvalue weighted by atomic mass is 35.5.